The van der Waals surface area contributed by atoms with Crippen LogP contribution < -0.4 is 0 Å². The summed E-state index contributed by atoms with van der Waals surface area (Å²) >= 11 is 0. The minimum Gasteiger partial charge on any atom is -0.337 e. The first-order valence-electron chi connectivity index (χ1n) is 9.66. The molecule has 1 aromatic carbocycles. The average molecular weight is 366 g/mol. The molecule has 7 heteroatoms. The van der Waals surface area contributed by atoms with Gasteiger partial charge in [0.1, 0.15) is 0 Å². The Hall–Kier alpha value is -2.54. The quantitative estimate of drug-likeness (QED) is 0.694. The van der Waals surface area contributed by atoms with Crippen LogP contribution in [0, 0.1) is 6.92 Å². The van der Waals surface area contributed by atoms with Gasteiger partial charge < -0.3 is 4.90 Å². The molecule has 0 bridgehead atoms. The molecule has 0 saturated carbocycles. The second-order valence-corrected chi connectivity index (χ2v) is 7.47. The number of tetrazole rings is 1. The summed E-state index contributed by atoms with van der Waals surface area (Å²) in [7, 11) is 0. The molecule has 1 amide bonds. The first kappa shape index (κ1) is 17.9. The highest BCUT2D eigenvalue weighted by atomic mass is 16.2. The smallest absolute Gasteiger partial charge is 0.219 e. The van der Waals surface area contributed by atoms with Crippen molar-refractivity contribution in [3.63, 3.8) is 0 Å². The number of rotatable bonds is 5. The lowest BCUT2D eigenvalue weighted by atomic mass is 10.1. The Morgan fingerprint density at radius 2 is 2.19 bits per heavy atom. The predicted octanol–water partition coefficient (Wildman–Crippen LogP) is 2.42. The van der Waals surface area contributed by atoms with Crippen molar-refractivity contribution in [1.82, 2.24) is 29.8 Å². The van der Waals surface area contributed by atoms with Gasteiger partial charge in [0.15, 0.2) is 5.65 Å². The summed E-state index contributed by atoms with van der Waals surface area (Å²) in [5, 5.41) is 13.4. The van der Waals surface area contributed by atoms with Gasteiger partial charge in [0.05, 0.1) is 5.52 Å². The maximum Gasteiger partial charge on any atom is 0.219 e. The first-order valence-corrected chi connectivity index (χ1v) is 9.66. The van der Waals surface area contributed by atoms with E-state index in [1.54, 1.807) is 11.4 Å². The zero-order valence-electron chi connectivity index (χ0n) is 16.2. The second-order valence-electron chi connectivity index (χ2n) is 7.47. The molecule has 0 radical (unpaired) electrons. The largest absolute Gasteiger partial charge is 0.337 e. The molecular weight excluding hydrogens is 340 g/mol. The molecule has 1 aliphatic heterocycles. The number of likely N-dealkylation sites (N-methyl/N-ethyl adjacent to an activating group) is 1. The molecule has 1 saturated heterocycles. The Bertz CT molecular complexity index is 981. The summed E-state index contributed by atoms with van der Waals surface area (Å²) in [5.74, 6) is 0.0904. The van der Waals surface area contributed by atoms with Crippen molar-refractivity contribution >= 4 is 22.5 Å². The fourth-order valence-electron chi connectivity index (χ4n) is 4.16. The van der Waals surface area contributed by atoms with E-state index < -0.39 is 0 Å². The Morgan fingerprint density at radius 1 is 1.33 bits per heavy atom. The van der Waals surface area contributed by atoms with Crippen LogP contribution in [-0.2, 0) is 11.3 Å². The molecule has 0 N–H and O–H groups in total. The van der Waals surface area contributed by atoms with Crippen molar-refractivity contribution < 1.29 is 4.79 Å². The third-order valence-corrected chi connectivity index (χ3v) is 5.64. The SMILES string of the molecule is CCN1CCC[C@H]1CN(Cc1cc2ccc(C)cc2n2nnnc12)C(C)=O. The van der Waals surface area contributed by atoms with E-state index in [9.17, 15) is 4.79 Å². The van der Waals surface area contributed by atoms with E-state index >= 15 is 0 Å². The number of aromatic nitrogens is 4. The van der Waals surface area contributed by atoms with Crippen LogP contribution in [0.1, 0.15) is 37.8 Å². The summed E-state index contributed by atoms with van der Waals surface area (Å²) in [6.45, 7) is 9.33. The highest BCUT2D eigenvalue weighted by Crippen LogP contribution is 2.23. The van der Waals surface area contributed by atoms with Crippen LogP contribution in [0.4, 0.5) is 0 Å². The molecule has 2 aromatic heterocycles. The normalized spacial score (nSPS) is 17.8. The van der Waals surface area contributed by atoms with Gasteiger partial charge in [-0.05, 0) is 61.0 Å². The van der Waals surface area contributed by atoms with Gasteiger partial charge in [-0.1, -0.05) is 19.1 Å². The molecule has 7 nitrogen and oxygen atoms in total. The van der Waals surface area contributed by atoms with E-state index in [1.807, 2.05) is 4.90 Å². The van der Waals surface area contributed by atoms with Crippen LogP contribution >= 0.6 is 0 Å². The number of carbonyl (C=O) groups excluding carboxylic acids is 1. The summed E-state index contributed by atoms with van der Waals surface area (Å²) in [6, 6.07) is 8.81. The zero-order valence-corrected chi connectivity index (χ0v) is 16.2. The molecule has 0 spiro atoms. The van der Waals surface area contributed by atoms with Crippen molar-refractivity contribution in [1.29, 1.82) is 0 Å². The van der Waals surface area contributed by atoms with Crippen molar-refractivity contribution in [3.8, 4) is 0 Å². The monoisotopic (exact) mass is 366 g/mol. The lowest BCUT2D eigenvalue weighted by Gasteiger charge is -2.29. The highest BCUT2D eigenvalue weighted by molar-refractivity contribution is 5.84. The number of nitrogens with zero attached hydrogens (tertiary/aromatic N) is 6. The fourth-order valence-corrected chi connectivity index (χ4v) is 4.16. The van der Waals surface area contributed by atoms with E-state index in [1.165, 1.54) is 12.0 Å². The lowest BCUT2D eigenvalue weighted by molar-refractivity contribution is -0.130. The molecule has 3 aromatic rings. The molecule has 3 heterocycles. The maximum absolute atomic E-state index is 12.4. The van der Waals surface area contributed by atoms with E-state index in [0.717, 1.165) is 48.2 Å². The lowest BCUT2D eigenvalue weighted by Crippen LogP contribution is -2.42. The number of carbonyl (C=O) groups is 1. The number of aryl methyl sites for hydroxylation is 1. The number of fused-ring (bicyclic) bond motifs is 3. The molecular formula is C20H26N6O. The van der Waals surface area contributed by atoms with Crippen LogP contribution in [0.3, 0.4) is 0 Å². The highest BCUT2D eigenvalue weighted by Gasteiger charge is 2.26. The molecule has 1 atom stereocenters. The number of hydrogen-bond acceptors (Lipinski definition) is 5. The summed E-state index contributed by atoms with van der Waals surface area (Å²) in [6.07, 6.45) is 2.36. The summed E-state index contributed by atoms with van der Waals surface area (Å²) < 4.78 is 1.78. The van der Waals surface area contributed by atoms with Crippen molar-refractivity contribution in [3.05, 3.63) is 35.4 Å². The Morgan fingerprint density at radius 3 is 2.96 bits per heavy atom. The van der Waals surface area contributed by atoms with E-state index in [0.29, 0.717) is 12.6 Å². The van der Waals surface area contributed by atoms with E-state index in [4.69, 9.17) is 0 Å². The van der Waals surface area contributed by atoms with Crippen molar-refractivity contribution in [2.75, 3.05) is 19.6 Å². The number of benzene rings is 1. The summed E-state index contributed by atoms with van der Waals surface area (Å²) in [5.41, 5.74) is 3.85. The van der Waals surface area contributed by atoms with E-state index in [2.05, 4.69) is 58.5 Å². The van der Waals surface area contributed by atoms with Crippen molar-refractivity contribution in [2.45, 2.75) is 46.2 Å². The van der Waals surface area contributed by atoms with Gasteiger partial charge in [-0.25, -0.2) is 0 Å². The third-order valence-electron chi connectivity index (χ3n) is 5.64. The van der Waals surface area contributed by atoms with Gasteiger partial charge in [0.25, 0.3) is 0 Å². The van der Waals surface area contributed by atoms with Gasteiger partial charge in [-0.3, -0.25) is 9.69 Å². The van der Waals surface area contributed by atoms with Gasteiger partial charge in [0, 0.05) is 37.0 Å². The molecule has 142 valence electrons. The number of hydrogen-bond donors (Lipinski definition) is 0. The molecule has 27 heavy (non-hydrogen) atoms. The topological polar surface area (TPSA) is 66.6 Å². The van der Waals surface area contributed by atoms with Gasteiger partial charge in [0.2, 0.25) is 5.91 Å². The first-order chi connectivity index (χ1) is 13.1. The molecule has 1 aliphatic rings. The van der Waals surface area contributed by atoms with Crippen molar-refractivity contribution in [2.24, 2.45) is 0 Å². The van der Waals surface area contributed by atoms with Gasteiger partial charge in [-0.15, -0.1) is 5.10 Å². The fraction of sp³-hybridized carbons (Fsp3) is 0.500. The molecule has 4 rings (SSSR count). The standard InChI is InChI=1S/C20H26N6O/c1-4-24-9-5-6-18(24)13-25(15(3)27)12-17-11-16-8-7-14(2)10-19(16)26-20(17)21-22-23-26/h7-8,10-11,18H,4-6,9,12-13H2,1-3H3/t18-/m0/s1. The number of amides is 1. The number of pyridine rings is 1. The van der Waals surface area contributed by atoms with Crippen LogP contribution in [0.25, 0.3) is 16.6 Å². The minimum absolute atomic E-state index is 0.0904. The average Bonchev–Trinajstić information content (AvgIpc) is 3.30. The maximum atomic E-state index is 12.4. The van der Waals surface area contributed by atoms with Gasteiger partial charge in [-0.2, -0.15) is 4.52 Å². The van der Waals surface area contributed by atoms with Crippen LogP contribution in [0.5, 0.6) is 0 Å². The van der Waals surface area contributed by atoms with Crippen LogP contribution in [-0.4, -0.2) is 61.4 Å². The second kappa shape index (κ2) is 7.23. The van der Waals surface area contributed by atoms with E-state index in [-0.39, 0.29) is 5.91 Å². The molecule has 1 fully saturated rings. The predicted molar refractivity (Wildman–Crippen MR) is 104 cm³/mol. The van der Waals surface area contributed by atoms with Gasteiger partial charge >= 0.3 is 0 Å². The summed E-state index contributed by atoms with van der Waals surface area (Å²) in [4.78, 5) is 16.8. The Balaban J connectivity index is 1.68. The van der Waals surface area contributed by atoms with Crippen LogP contribution in [0.2, 0.25) is 0 Å². The zero-order chi connectivity index (χ0) is 19.0. The third kappa shape index (κ3) is 3.39. The van der Waals surface area contributed by atoms with Crippen LogP contribution in [0.15, 0.2) is 24.3 Å². The Labute approximate surface area is 158 Å². The Kier molecular flexibility index (Phi) is 4.78. The minimum atomic E-state index is 0.0904. The molecule has 0 aliphatic carbocycles. The number of likely N-dealkylation sites (tertiary alicyclic amines) is 1. The molecule has 0 unspecified atom stereocenters.